The predicted octanol–water partition coefficient (Wildman–Crippen LogP) is 0.211. The third-order valence-corrected chi connectivity index (χ3v) is 1.84. The lowest BCUT2D eigenvalue weighted by Gasteiger charge is -2.10. The lowest BCUT2D eigenvalue weighted by Crippen LogP contribution is -2.73. The lowest BCUT2D eigenvalue weighted by atomic mass is 10.3. The molecule has 14 heavy (non-hydrogen) atoms. The third kappa shape index (κ3) is 3.74. The van der Waals surface area contributed by atoms with Crippen molar-refractivity contribution in [1.29, 1.82) is 0 Å². The molecule has 0 heterocycles. The Morgan fingerprint density at radius 1 is 1.29 bits per heavy atom. The second-order valence-corrected chi connectivity index (χ2v) is 3.35. The number of hydrogen-bond acceptors (Lipinski definition) is 3. The van der Waals surface area contributed by atoms with E-state index in [9.17, 15) is 0 Å². The van der Waals surface area contributed by atoms with Crippen molar-refractivity contribution in [1.82, 2.24) is 4.90 Å². The highest BCUT2D eigenvalue weighted by atomic mass is 16.5. The Balaban J connectivity index is 2.36. The monoisotopic (exact) mass is 197 g/mol. The maximum absolute atomic E-state index is 8.70. The first-order valence-electron chi connectivity index (χ1n) is 4.57. The van der Waals surface area contributed by atoms with Crippen molar-refractivity contribution in [3.8, 4) is 5.75 Å². The summed E-state index contributed by atoms with van der Waals surface area (Å²) in [5.74, 6) is 0.831. The Kier molecular flexibility index (Phi) is 4.39. The van der Waals surface area contributed by atoms with Gasteiger partial charge in [-0.2, -0.15) is 5.48 Å². The molecule has 0 saturated carbocycles. The molecule has 0 saturated heterocycles. The Hall–Kier alpha value is -1.10. The van der Waals surface area contributed by atoms with Crippen molar-refractivity contribution in [2.75, 3.05) is 27.2 Å². The Morgan fingerprint density at radius 3 is 2.43 bits per heavy atom. The van der Waals surface area contributed by atoms with Crippen molar-refractivity contribution in [2.45, 2.75) is 0 Å². The van der Waals surface area contributed by atoms with Crippen molar-refractivity contribution in [2.24, 2.45) is 0 Å². The van der Waals surface area contributed by atoms with Crippen LogP contribution in [0.5, 0.6) is 5.75 Å². The van der Waals surface area contributed by atoms with E-state index in [-0.39, 0.29) is 0 Å². The molecule has 78 valence electrons. The van der Waals surface area contributed by atoms with Gasteiger partial charge in [0.25, 0.3) is 0 Å². The molecule has 1 aromatic carbocycles. The summed E-state index contributed by atoms with van der Waals surface area (Å²) in [5.41, 5.74) is 1.86. The quantitative estimate of drug-likeness (QED) is 0.524. The van der Waals surface area contributed by atoms with E-state index in [1.165, 1.54) is 0 Å². The van der Waals surface area contributed by atoms with Crippen LogP contribution in [0.15, 0.2) is 24.3 Å². The van der Waals surface area contributed by atoms with E-state index in [4.69, 9.17) is 9.94 Å². The number of rotatable bonds is 5. The van der Waals surface area contributed by atoms with Crippen LogP contribution < -0.4 is 10.2 Å². The highest BCUT2D eigenvalue weighted by molar-refractivity contribution is 5.34. The highest BCUT2D eigenvalue weighted by Gasteiger charge is 1.97. The fourth-order valence-corrected chi connectivity index (χ4v) is 0.996. The molecule has 0 aromatic heterocycles. The summed E-state index contributed by atoms with van der Waals surface area (Å²) in [7, 11) is 4.01. The van der Waals surface area contributed by atoms with Gasteiger partial charge >= 0.3 is 0 Å². The van der Waals surface area contributed by atoms with E-state index in [0.29, 0.717) is 6.61 Å². The van der Waals surface area contributed by atoms with Gasteiger partial charge in [-0.25, -0.2) is 5.21 Å². The van der Waals surface area contributed by atoms with Crippen LogP contribution in [0.25, 0.3) is 0 Å². The van der Waals surface area contributed by atoms with Crippen LogP contribution in [-0.2, 0) is 0 Å². The summed E-state index contributed by atoms with van der Waals surface area (Å²) in [4.78, 5) is 2.07. The first kappa shape index (κ1) is 11.0. The second kappa shape index (κ2) is 5.59. The zero-order valence-corrected chi connectivity index (χ0v) is 8.60. The zero-order valence-electron chi connectivity index (χ0n) is 8.60. The smallest absolute Gasteiger partial charge is 0.161 e. The van der Waals surface area contributed by atoms with Crippen LogP contribution in [0.1, 0.15) is 0 Å². The number of benzene rings is 1. The minimum Gasteiger partial charge on any atom is -0.492 e. The van der Waals surface area contributed by atoms with Crippen molar-refractivity contribution >= 4 is 5.69 Å². The summed E-state index contributed by atoms with van der Waals surface area (Å²) in [5, 5.41) is 8.70. The molecular formula is C10H17N2O2+. The molecule has 0 aliphatic rings. The van der Waals surface area contributed by atoms with Crippen LogP contribution in [-0.4, -0.2) is 37.4 Å². The minimum absolute atomic E-state index is 0.676. The molecule has 0 bridgehead atoms. The molecule has 1 aromatic rings. The normalized spacial score (nSPS) is 10.6. The molecule has 0 aliphatic carbocycles. The fourth-order valence-electron chi connectivity index (χ4n) is 0.996. The summed E-state index contributed by atoms with van der Waals surface area (Å²) in [6.45, 7) is 1.57. The Labute approximate surface area is 84.1 Å². The summed E-state index contributed by atoms with van der Waals surface area (Å²) < 4.78 is 5.48. The number of nitrogens with zero attached hydrogens (tertiary/aromatic N) is 1. The maximum atomic E-state index is 8.70. The van der Waals surface area contributed by atoms with Gasteiger partial charge in [0.15, 0.2) is 5.69 Å². The molecule has 0 amide bonds. The van der Waals surface area contributed by atoms with Crippen LogP contribution in [0.4, 0.5) is 5.69 Å². The molecule has 1 rings (SSSR count). The van der Waals surface area contributed by atoms with E-state index < -0.39 is 0 Å². The predicted molar refractivity (Wildman–Crippen MR) is 53.9 cm³/mol. The number of nitrogens with two attached hydrogens (primary N) is 1. The summed E-state index contributed by atoms with van der Waals surface area (Å²) in [6, 6.07) is 7.31. The van der Waals surface area contributed by atoms with Gasteiger partial charge in [0.05, 0.1) is 0 Å². The minimum atomic E-state index is 0.676. The molecular weight excluding hydrogens is 180 g/mol. The number of likely N-dealkylation sites (N-methyl/N-ethyl adjacent to an activating group) is 1. The Morgan fingerprint density at radius 2 is 1.93 bits per heavy atom. The first-order chi connectivity index (χ1) is 6.72. The van der Waals surface area contributed by atoms with Gasteiger partial charge in [-0.05, 0) is 26.2 Å². The molecule has 4 heteroatoms. The average Bonchev–Trinajstić information content (AvgIpc) is 2.18. The maximum Gasteiger partial charge on any atom is 0.161 e. The lowest BCUT2D eigenvalue weighted by molar-refractivity contribution is -0.825. The van der Waals surface area contributed by atoms with Gasteiger partial charge in [0.1, 0.15) is 12.4 Å². The van der Waals surface area contributed by atoms with E-state index in [2.05, 4.69) is 4.90 Å². The molecule has 3 N–H and O–H groups in total. The largest absolute Gasteiger partial charge is 0.492 e. The molecule has 0 aliphatic heterocycles. The Bertz CT molecular complexity index is 259. The number of quaternary nitrogens is 1. The van der Waals surface area contributed by atoms with E-state index in [1.807, 2.05) is 38.4 Å². The van der Waals surface area contributed by atoms with Gasteiger partial charge < -0.3 is 9.64 Å². The summed E-state index contributed by atoms with van der Waals surface area (Å²) in [6.07, 6.45) is 0. The van der Waals surface area contributed by atoms with Gasteiger partial charge in [-0.1, -0.05) is 0 Å². The van der Waals surface area contributed by atoms with Gasteiger partial charge in [-0.3, -0.25) is 0 Å². The standard InChI is InChI=1S/C10H16N2O2/c1-12(2)7-8-14-10-5-3-9(11-13)4-6-10/h3-6,11,13H,7-8H2,1-2H3/p+1. The van der Waals surface area contributed by atoms with Gasteiger partial charge in [-0.15, -0.1) is 0 Å². The average molecular weight is 197 g/mol. The SMILES string of the molecule is CN(C)CCOc1ccc([NH2+]O)cc1. The number of ether oxygens (including phenoxy) is 1. The van der Waals surface area contributed by atoms with E-state index in [0.717, 1.165) is 23.5 Å². The van der Waals surface area contributed by atoms with E-state index in [1.54, 1.807) is 0 Å². The molecule has 4 nitrogen and oxygen atoms in total. The van der Waals surface area contributed by atoms with Crippen LogP contribution in [0.2, 0.25) is 0 Å². The van der Waals surface area contributed by atoms with Crippen LogP contribution >= 0.6 is 0 Å². The topological polar surface area (TPSA) is 49.3 Å². The van der Waals surface area contributed by atoms with Crippen molar-refractivity contribution in [3.05, 3.63) is 24.3 Å². The zero-order chi connectivity index (χ0) is 10.4. The molecule has 0 radical (unpaired) electrons. The molecule has 0 spiro atoms. The van der Waals surface area contributed by atoms with Crippen LogP contribution in [0.3, 0.4) is 0 Å². The van der Waals surface area contributed by atoms with Crippen molar-refractivity contribution < 1.29 is 15.4 Å². The van der Waals surface area contributed by atoms with Crippen LogP contribution in [0, 0.1) is 0 Å². The van der Waals surface area contributed by atoms with E-state index >= 15 is 0 Å². The first-order valence-corrected chi connectivity index (χ1v) is 4.57. The molecule has 0 atom stereocenters. The third-order valence-electron chi connectivity index (χ3n) is 1.84. The number of hydrogen-bond donors (Lipinski definition) is 2. The van der Waals surface area contributed by atoms with Gasteiger partial charge in [0.2, 0.25) is 0 Å². The highest BCUT2D eigenvalue weighted by Crippen LogP contribution is 2.11. The molecule has 0 fully saturated rings. The fraction of sp³-hybridized carbons (Fsp3) is 0.400. The second-order valence-electron chi connectivity index (χ2n) is 3.35. The van der Waals surface area contributed by atoms with Crippen molar-refractivity contribution in [3.63, 3.8) is 0 Å². The molecule has 0 unspecified atom stereocenters. The summed E-state index contributed by atoms with van der Waals surface area (Å²) >= 11 is 0. The van der Waals surface area contributed by atoms with Gasteiger partial charge in [0, 0.05) is 18.7 Å².